The van der Waals surface area contributed by atoms with Crippen molar-refractivity contribution in [2.45, 2.75) is 0 Å². The molecule has 8 aromatic carbocycles. The maximum absolute atomic E-state index is 6.86. The number of rotatable bonds is 3. The van der Waals surface area contributed by atoms with Crippen LogP contribution in [-0.2, 0) is 0 Å². The summed E-state index contributed by atoms with van der Waals surface area (Å²) in [4.78, 5) is 10.8. The summed E-state index contributed by atoms with van der Waals surface area (Å²) in [7, 11) is 0. The minimum Gasteiger partial charge on any atom is -0.309 e. The molecule has 0 unspecified atom stereocenters. The van der Waals surface area contributed by atoms with E-state index < -0.39 is 0 Å². The van der Waals surface area contributed by atoms with Crippen LogP contribution in [0.15, 0.2) is 164 Å². The van der Waals surface area contributed by atoms with Gasteiger partial charge in [0.05, 0.1) is 32.2 Å². The fourth-order valence-electron chi connectivity index (χ4n) is 9.33. The maximum atomic E-state index is 6.86. The van der Waals surface area contributed by atoms with Crippen LogP contribution in [0.5, 0.6) is 0 Å². The molecule has 13 aromatic rings. The predicted octanol–water partition coefficient (Wildman–Crippen LogP) is 14.9. The Hall–Kier alpha value is -6.57. The quantitative estimate of drug-likeness (QED) is 0.167. The minimum atomic E-state index is 0.243. The van der Waals surface area contributed by atoms with Gasteiger partial charge in [0.15, 0.2) is 5.82 Å². The van der Waals surface area contributed by atoms with Gasteiger partial charge >= 0.3 is 0 Å². The second-order valence-corrected chi connectivity index (χ2v) is 17.1. The standard InChI is InChI=1S/C50H27ClN4S2/c51-50-52-48(45-35-18-8-11-21-42(35)57-49(45)53-50)55-40-25-23-29(28-22-24-39-36(26-28)31-14-6-9-19-38(31)54(39)30-12-2-1-3-13-30)27-37(40)43-32-15-4-5-16-33(32)44-34-17-7-10-20-41(34)56-47(44)46(43)55/h1-27H. The zero-order chi connectivity index (χ0) is 37.4. The Kier molecular flexibility index (Phi) is 6.50. The molecule has 5 heterocycles. The summed E-state index contributed by atoms with van der Waals surface area (Å²) in [5, 5.41) is 12.3. The average Bonchev–Trinajstić information content (AvgIpc) is 4.01. The van der Waals surface area contributed by atoms with E-state index >= 15 is 0 Å². The lowest BCUT2D eigenvalue weighted by molar-refractivity contribution is 1.08. The molecule has 0 aliphatic heterocycles. The van der Waals surface area contributed by atoms with Crippen molar-refractivity contribution in [3.63, 3.8) is 0 Å². The number of thiophene rings is 2. The summed E-state index contributed by atoms with van der Waals surface area (Å²) in [6.07, 6.45) is 0. The Morgan fingerprint density at radius 2 is 0.982 bits per heavy atom. The summed E-state index contributed by atoms with van der Waals surface area (Å²) in [5.74, 6) is 0.805. The lowest BCUT2D eigenvalue weighted by Crippen LogP contribution is -2.00. The van der Waals surface area contributed by atoms with Crippen LogP contribution in [0.2, 0.25) is 5.28 Å². The monoisotopic (exact) mass is 782 g/mol. The van der Waals surface area contributed by atoms with Crippen LogP contribution in [0, 0.1) is 0 Å². The van der Waals surface area contributed by atoms with Crippen LogP contribution in [0.3, 0.4) is 0 Å². The van der Waals surface area contributed by atoms with Gasteiger partial charge in [-0.3, -0.25) is 4.57 Å². The Balaban J connectivity index is 1.17. The largest absolute Gasteiger partial charge is 0.309 e. The Labute approximate surface area is 338 Å². The van der Waals surface area contributed by atoms with Gasteiger partial charge in [-0.25, -0.2) is 4.98 Å². The van der Waals surface area contributed by atoms with Crippen molar-refractivity contribution < 1.29 is 0 Å². The topological polar surface area (TPSA) is 35.6 Å². The highest BCUT2D eigenvalue weighted by Crippen LogP contribution is 2.49. The van der Waals surface area contributed by atoms with Crippen LogP contribution < -0.4 is 0 Å². The number of aromatic nitrogens is 4. The van der Waals surface area contributed by atoms with Crippen molar-refractivity contribution in [1.29, 1.82) is 0 Å². The SMILES string of the molecule is Clc1nc(-n2c3ccc(-c4ccc5c(c4)c4ccccc4n5-c4ccccc4)cc3c3c4ccccc4c4c5ccccc5sc4c32)c2c(n1)sc1ccccc12. The van der Waals surface area contributed by atoms with E-state index in [9.17, 15) is 0 Å². The molecular formula is C50H27ClN4S2. The lowest BCUT2D eigenvalue weighted by Gasteiger charge is -2.11. The van der Waals surface area contributed by atoms with Gasteiger partial charge in [0.25, 0.3) is 0 Å². The maximum Gasteiger partial charge on any atom is 0.225 e. The van der Waals surface area contributed by atoms with E-state index in [2.05, 4.69) is 173 Å². The number of halogens is 1. The van der Waals surface area contributed by atoms with Crippen LogP contribution >= 0.6 is 34.3 Å². The summed E-state index contributed by atoms with van der Waals surface area (Å²) < 4.78 is 8.41. The molecule has 0 N–H and O–H groups in total. The van der Waals surface area contributed by atoms with Gasteiger partial charge in [-0.2, -0.15) is 4.98 Å². The summed E-state index contributed by atoms with van der Waals surface area (Å²) in [5.41, 5.74) is 8.10. The summed E-state index contributed by atoms with van der Waals surface area (Å²) >= 11 is 10.4. The highest BCUT2D eigenvalue weighted by molar-refractivity contribution is 7.27. The molecule has 0 radical (unpaired) electrons. The first-order valence-corrected chi connectivity index (χ1v) is 20.9. The molecular weight excluding hydrogens is 756 g/mol. The summed E-state index contributed by atoms with van der Waals surface area (Å²) in [6, 6.07) is 59.4. The van der Waals surface area contributed by atoms with Crippen LogP contribution in [-0.4, -0.2) is 19.1 Å². The Morgan fingerprint density at radius 3 is 1.74 bits per heavy atom. The minimum absolute atomic E-state index is 0.243. The number of nitrogens with zero attached hydrogens (tertiary/aromatic N) is 4. The second-order valence-electron chi connectivity index (χ2n) is 14.7. The first kappa shape index (κ1) is 31.6. The molecule has 0 atom stereocenters. The molecule has 5 aromatic heterocycles. The van der Waals surface area contributed by atoms with Gasteiger partial charge in [-0.15, -0.1) is 22.7 Å². The van der Waals surface area contributed by atoms with Crippen molar-refractivity contribution in [2.75, 3.05) is 0 Å². The molecule has 4 nitrogen and oxygen atoms in total. The molecule has 0 bridgehead atoms. The molecule has 0 saturated carbocycles. The van der Waals surface area contributed by atoms with E-state index in [0.29, 0.717) is 0 Å². The molecule has 266 valence electrons. The second kappa shape index (κ2) is 11.7. The zero-order valence-corrected chi connectivity index (χ0v) is 32.5. The molecule has 0 spiro atoms. The van der Waals surface area contributed by atoms with E-state index in [1.54, 1.807) is 11.3 Å². The smallest absolute Gasteiger partial charge is 0.225 e. The lowest BCUT2D eigenvalue weighted by atomic mass is 9.97. The average molecular weight is 783 g/mol. The van der Waals surface area contributed by atoms with Crippen molar-refractivity contribution >= 4 is 129 Å². The van der Waals surface area contributed by atoms with Crippen molar-refractivity contribution in [3.8, 4) is 22.6 Å². The van der Waals surface area contributed by atoms with E-state index in [0.717, 1.165) is 48.4 Å². The number of fused-ring (bicyclic) bond motifs is 16. The first-order valence-electron chi connectivity index (χ1n) is 18.9. The van der Waals surface area contributed by atoms with Crippen LogP contribution in [0.25, 0.3) is 117 Å². The van der Waals surface area contributed by atoms with Gasteiger partial charge in [0.1, 0.15) is 4.83 Å². The molecule has 0 aliphatic carbocycles. The molecule has 0 aliphatic rings. The number of hydrogen-bond acceptors (Lipinski definition) is 4. The fourth-order valence-corrected chi connectivity index (χ4v) is 11.9. The third-order valence-corrected chi connectivity index (χ3v) is 14.1. The van der Waals surface area contributed by atoms with Crippen molar-refractivity contribution in [2.24, 2.45) is 0 Å². The number of para-hydroxylation sites is 2. The Bertz CT molecular complexity index is 3830. The molecule has 0 saturated heterocycles. The van der Waals surface area contributed by atoms with Crippen LogP contribution in [0.1, 0.15) is 0 Å². The van der Waals surface area contributed by atoms with E-state index in [4.69, 9.17) is 21.6 Å². The molecule has 0 amide bonds. The van der Waals surface area contributed by atoms with Crippen molar-refractivity contribution in [3.05, 3.63) is 169 Å². The van der Waals surface area contributed by atoms with Gasteiger partial charge in [-0.1, -0.05) is 109 Å². The zero-order valence-electron chi connectivity index (χ0n) is 30.1. The van der Waals surface area contributed by atoms with E-state index in [1.165, 1.54) is 69.1 Å². The number of benzene rings is 8. The van der Waals surface area contributed by atoms with Gasteiger partial charge < -0.3 is 4.57 Å². The first-order chi connectivity index (χ1) is 28.2. The fraction of sp³-hybridized carbons (Fsp3) is 0. The van der Waals surface area contributed by atoms with E-state index in [-0.39, 0.29) is 5.28 Å². The predicted molar refractivity (Wildman–Crippen MR) is 244 cm³/mol. The molecule has 13 rings (SSSR count). The van der Waals surface area contributed by atoms with Crippen molar-refractivity contribution in [1.82, 2.24) is 19.1 Å². The molecule has 57 heavy (non-hydrogen) atoms. The van der Waals surface area contributed by atoms with Crippen LogP contribution in [0.4, 0.5) is 0 Å². The Morgan fingerprint density at radius 1 is 0.421 bits per heavy atom. The molecule has 7 heteroatoms. The third kappa shape index (κ3) is 4.37. The molecule has 0 fully saturated rings. The number of hydrogen-bond donors (Lipinski definition) is 0. The third-order valence-electron chi connectivity index (χ3n) is 11.7. The highest BCUT2D eigenvalue weighted by Gasteiger charge is 2.25. The van der Waals surface area contributed by atoms with Gasteiger partial charge in [-0.05, 0) is 88.1 Å². The van der Waals surface area contributed by atoms with Gasteiger partial charge in [0, 0.05) is 52.8 Å². The van der Waals surface area contributed by atoms with E-state index in [1.807, 2.05) is 11.3 Å². The summed E-state index contributed by atoms with van der Waals surface area (Å²) in [6.45, 7) is 0. The normalized spacial score (nSPS) is 12.3. The highest BCUT2D eigenvalue weighted by atomic mass is 35.5. The van der Waals surface area contributed by atoms with Gasteiger partial charge in [0.2, 0.25) is 5.28 Å².